The summed E-state index contributed by atoms with van der Waals surface area (Å²) in [5, 5.41) is 0. The maximum Gasteiger partial charge on any atom is 0.333 e. The topological polar surface area (TPSA) is 35.5 Å². The lowest BCUT2D eigenvalue weighted by atomic mass is 10.1. The first-order valence-corrected chi connectivity index (χ1v) is 6.34. The summed E-state index contributed by atoms with van der Waals surface area (Å²) < 4.78 is 10.3. The molecular formula is C15H22O3. The Hall–Kier alpha value is -1.51. The first kappa shape index (κ1) is 14.6. The second-order valence-corrected chi connectivity index (χ2v) is 4.58. The van der Waals surface area contributed by atoms with Crippen LogP contribution in [0.4, 0.5) is 0 Å². The van der Waals surface area contributed by atoms with Gasteiger partial charge in [-0.3, -0.25) is 0 Å². The van der Waals surface area contributed by atoms with Crippen LogP contribution in [0.3, 0.4) is 0 Å². The van der Waals surface area contributed by atoms with Gasteiger partial charge in [0.2, 0.25) is 0 Å². The monoisotopic (exact) mass is 250 g/mol. The molecule has 0 bridgehead atoms. The average Bonchev–Trinajstić information content (AvgIpc) is 2.37. The van der Waals surface area contributed by atoms with Crippen LogP contribution in [0, 0.1) is 0 Å². The quantitative estimate of drug-likeness (QED) is 0.406. The summed E-state index contributed by atoms with van der Waals surface area (Å²) in [4.78, 5) is 11.2. The van der Waals surface area contributed by atoms with Crippen LogP contribution >= 0.6 is 0 Å². The highest BCUT2D eigenvalue weighted by Crippen LogP contribution is 2.17. The molecule has 0 aliphatic carbocycles. The van der Waals surface area contributed by atoms with Crippen LogP contribution in [-0.4, -0.2) is 19.7 Å². The molecule has 0 aromatic heterocycles. The number of esters is 1. The zero-order valence-corrected chi connectivity index (χ0v) is 11.5. The number of rotatable bonds is 1. The zero-order valence-electron chi connectivity index (χ0n) is 11.5. The van der Waals surface area contributed by atoms with Crippen molar-refractivity contribution < 1.29 is 14.3 Å². The molecule has 0 N–H and O–H groups in total. The van der Waals surface area contributed by atoms with E-state index in [2.05, 4.69) is 30.7 Å². The van der Waals surface area contributed by atoms with Gasteiger partial charge in [-0.2, -0.15) is 0 Å². The predicted octanol–water partition coefficient (Wildman–Crippen LogP) is 3.53. The molecule has 0 saturated heterocycles. The number of methoxy groups -OCH3 is 1. The lowest BCUT2D eigenvalue weighted by Crippen LogP contribution is -2.01. The molecule has 0 radical (unpaired) electrons. The van der Waals surface area contributed by atoms with Gasteiger partial charge in [-0.1, -0.05) is 17.2 Å². The van der Waals surface area contributed by atoms with Gasteiger partial charge in [-0.05, 0) is 39.2 Å². The van der Waals surface area contributed by atoms with Crippen LogP contribution < -0.4 is 0 Å². The van der Waals surface area contributed by atoms with Crippen molar-refractivity contribution in [2.45, 2.75) is 39.5 Å². The Kier molecular flexibility index (Phi) is 6.26. The number of hydrogen-bond acceptors (Lipinski definition) is 3. The molecule has 0 amide bonds. The fourth-order valence-corrected chi connectivity index (χ4v) is 1.74. The van der Waals surface area contributed by atoms with E-state index in [1.165, 1.54) is 24.3 Å². The summed E-state index contributed by atoms with van der Waals surface area (Å²) in [6.45, 7) is 4.74. The van der Waals surface area contributed by atoms with Gasteiger partial charge in [-0.15, -0.1) is 0 Å². The van der Waals surface area contributed by atoms with Gasteiger partial charge in [-0.25, -0.2) is 4.79 Å². The molecule has 1 rings (SSSR count). The van der Waals surface area contributed by atoms with Crippen molar-refractivity contribution in [1.29, 1.82) is 0 Å². The summed E-state index contributed by atoms with van der Waals surface area (Å²) in [6.07, 6.45) is 9.57. The van der Waals surface area contributed by atoms with E-state index >= 15 is 0 Å². The van der Waals surface area contributed by atoms with Gasteiger partial charge in [0, 0.05) is 6.42 Å². The summed E-state index contributed by atoms with van der Waals surface area (Å²) in [6, 6.07) is 0. The molecule has 0 aromatic carbocycles. The molecule has 0 saturated carbocycles. The lowest BCUT2D eigenvalue weighted by molar-refractivity contribution is -0.135. The molecule has 1 aliphatic rings. The number of carbonyl (C=O) groups excluding carboxylic acids is 1. The molecule has 1 aliphatic heterocycles. The third kappa shape index (κ3) is 5.71. The zero-order chi connectivity index (χ0) is 13.4. The number of ether oxygens (including phenoxy) is 2. The lowest BCUT2D eigenvalue weighted by Gasteiger charge is -2.08. The Balaban J connectivity index is 2.76. The standard InChI is InChI=1S/C15H22O3/c1-12-5-4-6-13(2)9-10-18-14(8-7-12)11-15(16)17-3/h5,9,11H,4,6-8,10H2,1-3H3/b12-5+,13-9+,14-11+. The Morgan fingerprint density at radius 2 is 1.94 bits per heavy atom. The smallest absolute Gasteiger partial charge is 0.333 e. The van der Waals surface area contributed by atoms with Gasteiger partial charge in [0.15, 0.2) is 0 Å². The van der Waals surface area contributed by atoms with Crippen molar-refractivity contribution in [3.8, 4) is 0 Å². The van der Waals surface area contributed by atoms with Gasteiger partial charge < -0.3 is 9.47 Å². The van der Waals surface area contributed by atoms with Crippen LogP contribution in [0.5, 0.6) is 0 Å². The van der Waals surface area contributed by atoms with E-state index in [0.29, 0.717) is 12.4 Å². The van der Waals surface area contributed by atoms with E-state index in [4.69, 9.17) is 4.74 Å². The summed E-state index contributed by atoms with van der Waals surface area (Å²) in [7, 11) is 1.37. The fraction of sp³-hybridized carbons (Fsp3) is 0.533. The summed E-state index contributed by atoms with van der Waals surface area (Å²) in [5.74, 6) is 0.336. The Labute approximate surface area is 109 Å². The fourth-order valence-electron chi connectivity index (χ4n) is 1.74. The maximum atomic E-state index is 11.2. The molecule has 0 fully saturated rings. The number of hydrogen-bond donors (Lipinski definition) is 0. The van der Waals surface area contributed by atoms with Crippen LogP contribution in [0.1, 0.15) is 39.5 Å². The van der Waals surface area contributed by atoms with E-state index in [0.717, 1.165) is 25.7 Å². The van der Waals surface area contributed by atoms with E-state index in [1.54, 1.807) is 0 Å². The third-order valence-corrected chi connectivity index (χ3v) is 2.98. The van der Waals surface area contributed by atoms with E-state index < -0.39 is 0 Å². The molecule has 0 spiro atoms. The van der Waals surface area contributed by atoms with Crippen molar-refractivity contribution in [3.05, 3.63) is 35.1 Å². The Bertz CT molecular complexity index is 375. The van der Waals surface area contributed by atoms with Gasteiger partial charge in [0.1, 0.15) is 12.4 Å². The highest BCUT2D eigenvalue weighted by atomic mass is 16.5. The Morgan fingerprint density at radius 3 is 2.67 bits per heavy atom. The highest BCUT2D eigenvalue weighted by Gasteiger charge is 2.05. The van der Waals surface area contributed by atoms with E-state index in [9.17, 15) is 4.79 Å². The van der Waals surface area contributed by atoms with E-state index in [1.807, 2.05) is 0 Å². The van der Waals surface area contributed by atoms with Crippen LogP contribution in [0.2, 0.25) is 0 Å². The second kappa shape index (κ2) is 7.75. The van der Waals surface area contributed by atoms with Crippen LogP contribution in [0.25, 0.3) is 0 Å². The van der Waals surface area contributed by atoms with Crippen LogP contribution in [0.15, 0.2) is 35.1 Å². The third-order valence-electron chi connectivity index (χ3n) is 2.98. The molecule has 0 atom stereocenters. The van der Waals surface area contributed by atoms with Crippen molar-refractivity contribution >= 4 is 5.97 Å². The first-order valence-electron chi connectivity index (χ1n) is 6.34. The molecule has 0 aromatic rings. The van der Waals surface area contributed by atoms with Crippen molar-refractivity contribution in [3.63, 3.8) is 0 Å². The predicted molar refractivity (Wildman–Crippen MR) is 72.0 cm³/mol. The molecule has 100 valence electrons. The van der Waals surface area contributed by atoms with Gasteiger partial charge in [0.25, 0.3) is 0 Å². The average molecular weight is 250 g/mol. The van der Waals surface area contributed by atoms with Gasteiger partial charge in [0.05, 0.1) is 13.2 Å². The normalized spacial score (nSPS) is 26.1. The molecule has 3 heteroatoms. The van der Waals surface area contributed by atoms with Crippen molar-refractivity contribution in [1.82, 2.24) is 0 Å². The SMILES string of the molecule is COC(=O)/C=C1\CC/C(C)=C/CC/C(C)=C/CO1. The molecule has 0 unspecified atom stereocenters. The second-order valence-electron chi connectivity index (χ2n) is 4.58. The summed E-state index contributed by atoms with van der Waals surface area (Å²) in [5.41, 5.74) is 2.66. The number of allylic oxidation sites excluding steroid dienone is 4. The minimum absolute atomic E-state index is 0.359. The molecule has 18 heavy (non-hydrogen) atoms. The molecule has 3 nitrogen and oxygen atoms in total. The number of carbonyl (C=O) groups is 1. The van der Waals surface area contributed by atoms with Crippen LogP contribution in [-0.2, 0) is 14.3 Å². The minimum Gasteiger partial charge on any atom is -0.494 e. The van der Waals surface area contributed by atoms with Crippen molar-refractivity contribution in [2.75, 3.05) is 13.7 Å². The van der Waals surface area contributed by atoms with Crippen molar-refractivity contribution in [2.24, 2.45) is 0 Å². The molecular weight excluding hydrogens is 228 g/mol. The minimum atomic E-state index is -0.359. The van der Waals surface area contributed by atoms with E-state index in [-0.39, 0.29) is 5.97 Å². The summed E-state index contributed by atoms with van der Waals surface area (Å²) >= 11 is 0. The van der Waals surface area contributed by atoms with Gasteiger partial charge >= 0.3 is 5.97 Å². The maximum absolute atomic E-state index is 11.2. The highest BCUT2D eigenvalue weighted by molar-refractivity contribution is 5.82. The Morgan fingerprint density at radius 1 is 1.22 bits per heavy atom. The first-order chi connectivity index (χ1) is 8.61. The largest absolute Gasteiger partial charge is 0.494 e. The molecule has 1 heterocycles.